The highest BCUT2D eigenvalue weighted by Crippen LogP contribution is 2.36. The van der Waals surface area contributed by atoms with Gasteiger partial charge in [-0.15, -0.1) is 0 Å². The summed E-state index contributed by atoms with van der Waals surface area (Å²) in [5, 5.41) is 0.937. The van der Waals surface area contributed by atoms with E-state index in [0.717, 1.165) is 5.33 Å². The number of hydrogen-bond donors (Lipinski definition) is 0. The van der Waals surface area contributed by atoms with Crippen LogP contribution in [0.15, 0.2) is 24.3 Å². The van der Waals surface area contributed by atoms with Crippen molar-refractivity contribution in [3.8, 4) is 0 Å². The summed E-state index contributed by atoms with van der Waals surface area (Å²) in [6, 6.07) is 8.97. The fourth-order valence-electron chi connectivity index (χ4n) is 2.47. The molecule has 0 aliphatic carbocycles. The summed E-state index contributed by atoms with van der Waals surface area (Å²) in [7, 11) is 0. The SMILES string of the molecule is CC(C)(C)CC(C)(C)c1ccc(CBr)cc1. The van der Waals surface area contributed by atoms with Gasteiger partial charge in [-0.1, -0.05) is 74.8 Å². The van der Waals surface area contributed by atoms with Gasteiger partial charge in [0, 0.05) is 5.33 Å². The predicted molar refractivity (Wildman–Crippen MR) is 76.2 cm³/mol. The van der Waals surface area contributed by atoms with E-state index in [1.807, 2.05) is 0 Å². The van der Waals surface area contributed by atoms with E-state index in [-0.39, 0.29) is 5.41 Å². The van der Waals surface area contributed by atoms with Gasteiger partial charge in [-0.25, -0.2) is 0 Å². The maximum atomic E-state index is 3.48. The molecule has 90 valence electrons. The van der Waals surface area contributed by atoms with Crippen LogP contribution in [-0.2, 0) is 10.7 Å². The van der Waals surface area contributed by atoms with Crippen LogP contribution in [-0.4, -0.2) is 0 Å². The second kappa shape index (κ2) is 4.91. The summed E-state index contributed by atoms with van der Waals surface area (Å²) >= 11 is 3.48. The van der Waals surface area contributed by atoms with E-state index < -0.39 is 0 Å². The first kappa shape index (κ1) is 13.8. The quantitative estimate of drug-likeness (QED) is 0.661. The predicted octanol–water partition coefficient (Wildman–Crippen LogP) is 5.30. The number of halogens is 1. The van der Waals surface area contributed by atoms with Crippen LogP contribution in [0.4, 0.5) is 0 Å². The molecule has 0 radical (unpaired) electrons. The Morgan fingerprint density at radius 3 is 1.81 bits per heavy atom. The Balaban J connectivity index is 2.89. The molecule has 0 aliphatic rings. The standard InChI is InChI=1S/C15H23Br/c1-14(2,3)11-15(4,5)13-8-6-12(10-16)7-9-13/h6-9H,10-11H2,1-5H3. The lowest BCUT2D eigenvalue weighted by Crippen LogP contribution is -2.24. The molecule has 0 nitrogen and oxygen atoms in total. The average molecular weight is 283 g/mol. The molecule has 0 aromatic heterocycles. The molecule has 0 heterocycles. The van der Waals surface area contributed by atoms with E-state index in [0.29, 0.717) is 5.41 Å². The van der Waals surface area contributed by atoms with E-state index in [1.54, 1.807) is 0 Å². The summed E-state index contributed by atoms with van der Waals surface area (Å²) < 4.78 is 0. The lowest BCUT2D eigenvalue weighted by Gasteiger charge is -2.33. The van der Waals surface area contributed by atoms with Crippen molar-refractivity contribution in [1.82, 2.24) is 0 Å². The second-order valence-electron chi connectivity index (χ2n) is 6.45. The van der Waals surface area contributed by atoms with Crippen molar-refractivity contribution in [3.63, 3.8) is 0 Å². The van der Waals surface area contributed by atoms with Crippen LogP contribution in [0.3, 0.4) is 0 Å². The monoisotopic (exact) mass is 282 g/mol. The van der Waals surface area contributed by atoms with E-state index >= 15 is 0 Å². The van der Waals surface area contributed by atoms with Gasteiger partial charge in [0.15, 0.2) is 0 Å². The largest absolute Gasteiger partial charge is 0.0876 e. The van der Waals surface area contributed by atoms with Crippen LogP contribution in [0.5, 0.6) is 0 Å². The minimum atomic E-state index is 0.253. The van der Waals surface area contributed by atoms with E-state index in [2.05, 4.69) is 74.8 Å². The van der Waals surface area contributed by atoms with Crippen LogP contribution in [0.25, 0.3) is 0 Å². The molecule has 1 aromatic carbocycles. The van der Waals surface area contributed by atoms with Gasteiger partial charge in [0.25, 0.3) is 0 Å². The number of benzene rings is 1. The lowest BCUT2D eigenvalue weighted by atomic mass is 9.72. The maximum Gasteiger partial charge on any atom is 0.0283 e. The highest BCUT2D eigenvalue weighted by molar-refractivity contribution is 9.08. The average Bonchev–Trinajstić information content (AvgIpc) is 2.14. The molecule has 0 saturated heterocycles. The Morgan fingerprint density at radius 2 is 1.44 bits per heavy atom. The van der Waals surface area contributed by atoms with Crippen molar-refractivity contribution in [1.29, 1.82) is 0 Å². The topological polar surface area (TPSA) is 0 Å². The molecule has 0 aliphatic heterocycles. The van der Waals surface area contributed by atoms with Crippen LogP contribution in [0, 0.1) is 5.41 Å². The molecule has 0 spiro atoms. The summed E-state index contributed by atoms with van der Waals surface area (Å²) in [5.41, 5.74) is 3.41. The molecule has 0 N–H and O–H groups in total. The Kier molecular flexibility index (Phi) is 4.23. The molecular formula is C15H23Br. The molecule has 0 saturated carbocycles. The molecule has 1 heteroatoms. The highest BCUT2D eigenvalue weighted by Gasteiger charge is 2.26. The first-order valence-electron chi connectivity index (χ1n) is 5.90. The molecule has 0 bridgehead atoms. The smallest absolute Gasteiger partial charge is 0.0283 e. The van der Waals surface area contributed by atoms with Crippen molar-refractivity contribution in [2.75, 3.05) is 0 Å². The third kappa shape index (κ3) is 3.93. The number of hydrogen-bond acceptors (Lipinski definition) is 0. The van der Waals surface area contributed by atoms with Gasteiger partial charge in [-0.2, -0.15) is 0 Å². The minimum Gasteiger partial charge on any atom is -0.0876 e. The third-order valence-electron chi connectivity index (χ3n) is 2.86. The molecule has 1 rings (SSSR count). The summed E-state index contributed by atoms with van der Waals surface area (Å²) in [6.07, 6.45) is 1.20. The molecule has 0 unspecified atom stereocenters. The first-order valence-corrected chi connectivity index (χ1v) is 7.02. The second-order valence-corrected chi connectivity index (χ2v) is 7.01. The van der Waals surface area contributed by atoms with Crippen LogP contribution in [0.2, 0.25) is 0 Å². The Morgan fingerprint density at radius 1 is 0.938 bits per heavy atom. The summed E-state index contributed by atoms with van der Waals surface area (Å²) in [5.74, 6) is 0. The third-order valence-corrected chi connectivity index (χ3v) is 3.51. The van der Waals surface area contributed by atoms with Crippen LogP contribution in [0.1, 0.15) is 52.2 Å². The van der Waals surface area contributed by atoms with Crippen molar-refractivity contribution in [3.05, 3.63) is 35.4 Å². The zero-order valence-electron chi connectivity index (χ0n) is 11.1. The van der Waals surface area contributed by atoms with Gasteiger partial charge in [-0.3, -0.25) is 0 Å². The van der Waals surface area contributed by atoms with Crippen molar-refractivity contribution in [2.24, 2.45) is 5.41 Å². The molecule has 16 heavy (non-hydrogen) atoms. The number of alkyl halides is 1. The van der Waals surface area contributed by atoms with Crippen LogP contribution < -0.4 is 0 Å². The molecule has 0 amide bonds. The van der Waals surface area contributed by atoms with E-state index in [9.17, 15) is 0 Å². The normalized spacial score (nSPS) is 12.9. The molecule has 1 aromatic rings. The molecule has 0 atom stereocenters. The maximum absolute atomic E-state index is 3.48. The van der Waals surface area contributed by atoms with Gasteiger partial charge < -0.3 is 0 Å². The molecule has 0 fully saturated rings. The van der Waals surface area contributed by atoms with Crippen molar-refractivity contribution >= 4 is 15.9 Å². The van der Waals surface area contributed by atoms with Crippen LogP contribution >= 0.6 is 15.9 Å². The Bertz CT molecular complexity index is 327. The Hall–Kier alpha value is -0.300. The zero-order chi connectivity index (χ0) is 12.4. The van der Waals surface area contributed by atoms with Crippen molar-refractivity contribution < 1.29 is 0 Å². The fourth-order valence-corrected chi connectivity index (χ4v) is 2.85. The van der Waals surface area contributed by atoms with Crippen molar-refractivity contribution in [2.45, 2.75) is 51.8 Å². The van der Waals surface area contributed by atoms with E-state index in [1.165, 1.54) is 17.5 Å². The molecular weight excluding hydrogens is 260 g/mol. The van der Waals surface area contributed by atoms with Gasteiger partial charge in [0.2, 0.25) is 0 Å². The van der Waals surface area contributed by atoms with Gasteiger partial charge >= 0.3 is 0 Å². The fraction of sp³-hybridized carbons (Fsp3) is 0.600. The van der Waals surface area contributed by atoms with Gasteiger partial charge in [0.1, 0.15) is 0 Å². The highest BCUT2D eigenvalue weighted by atomic mass is 79.9. The zero-order valence-corrected chi connectivity index (χ0v) is 12.7. The van der Waals surface area contributed by atoms with Gasteiger partial charge in [0.05, 0.1) is 0 Å². The number of rotatable bonds is 3. The van der Waals surface area contributed by atoms with E-state index in [4.69, 9.17) is 0 Å². The summed E-state index contributed by atoms with van der Waals surface area (Å²) in [4.78, 5) is 0. The lowest BCUT2D eigenvalue weighted by molar-refractivity contribution is 0.284. The minimum absolute atomic E-state index is 0.253. The van der Waals surface area contributed by atoms with Gasteiger partial charge in [-0.05, 0) is 28.4 Å². The first-order chi connectivity index (χ1) is 7.24. The summed E-state index contributed by atoms with van der Waals surface area (Å²) in [6.45, 7) is 11.6. The Labute approximate surface area is 109 Å².